The topological polar surface area (TPSA) is 114 Å². The Balaban J connectivity index is 3.31. The number of hydrogen-bond acceptors (Lipinski definition) is 6. The Bertz CT molecular complexity index is 663. The van der Waals surface area contributed by atoms with Gasteiger partial charge in [0.1, 0.15) is 5.60 Å². The van der Waals surface area contributed by atoms with E-state index in [-0.39, 0.29) is 11.4 Å². The quantitative estimate of drug-likeness (QED) is 0.898. The molecule has 0 fully saturated rings. The average Bonchev–Trinajstić information content (AvgIpc) is 2.24. The molecule has 0 saturated heterocycles. The number of aromatic nitrogens is 1. The van der Waals surface area contributed by atoms with Crippen LogP contribution in [-0.4, -0.2) is 42.4 Å². The number of carbonyl (C=O) groups is 2. The Labute approximate surface area is 122 Å². The molecule has 0 bridgehead atoms. The van der Waals surface area contributed by atoms with E-state index in [2.05, 4.69) is 4.98 Å². The lowest BCUT2D eigenvalue weighted by atomic mass is 10.2. The monoisotopic (exact) mass is 316 g/mol. The number of anilines is 1. The molecule has 1 N–H and O–H groups in total. The van der Waals surface area contributed by atoms with Crippen LogP contribution in [0, 0.1) is 0 Å². The number of carboxylic acids is 1. The molecule has 0 atom stereocenters. The van der Waals surface area contributed by atoms with Gasteiger partial charge in [-0.05, 0) is 32.9 Å². The Morgan fingerprint density at radius 2 is 1.90 bits per heavy atom. The lowest BCUT2D eigenvalue weighted by molar-refractivity contribution is 0.0605. The highest BCUT2D eigenvalue weighted by molar-refractivity contribution is 7.92. The highest BCUT2D eigenvalue weighted by atomic mass is 32.2. The van der Waals surface area contributed by atoms with Gasteiger partial charge < -0.3 is 9.84 Å². The number of hydrogen-bond donors (Lipinski definition) is 1. The van der Waals surface area contributed by atoms with Gasteiger partial charge in [0.2, 0.25) is 10.0 Å². The van der Waals surface area contributed by atoms with Gasteiger partial charge in [-0.15, -0.1) is 0 Å². The van der Waals surface area contributed by atoms with Crippen LogP contribution >= 0.6 is 0 Å². The van der Waals surface area contributed by atoms with Gasteiger partial charge in [-0.2, -0.15) is 4.31 Å². The van der Waals surface area contributed by atoms with Gasteiger partial charge in [0.25, 0.3) is 0 Å². The van der Waals surface area contributed by atoms with Crippen LogP contribution in [0.3, 0.4) is 0 Å². The van der Waals surface area contributed by atoms with E-state index in [9.17, 15) is 18.0 Å². The van der Waals surface area contributed by atoms with E-state index in [1.807, 2.05) is 0 Å². The largest absolute Gasteiger partial charge is 0.478 e. The maximum Gasteiger partial charge on any atom is 0.430 e. The third-order valence-electron chi connectivity index (χ3n) is 2.09. The van der Waals surface area contributed by atoms with Crippen LogP contribution in [0.2, 0.25) is 0 Å². The second-order valence-electron chi connectivity index (χ2n) is 5.22. The van der Waals surface area contributed by atoms with E-state index in [4.69, 9.17) is 9.84 Å². The first-order valence-corrected chi connectivity index (χ1v) is 7.69. The summed E-state index contributed by atoms with van der Waals surface area (Å²) in [6, 6.07) is 2.16. The lowest BCUT2D eigenvalue weighted by Crippen LogP contribution is -2.41. The molecular weight excluding hydrogens is 300 g/mol. The molecule has 8 nitrogen and oxygen atoms in total. The second-order valence-corrected chi connectivity index (χ2v) is 7.05. The van der Waals surface area contributed by atoms with E-state index in [0.29, 0.717) is 4.31 Å². The van der Waals surface area contributed by atoms with Crippen LogP contribution in [0.4, 0.5) is 10.6 Å². The summed E-state index contributed by atoms with van der Waals surface area (Å²) in [5.74, 6) is -1.61. The van der Waals surface area contributed by atoms with Crippen molar-refractivity contribution in [3.63, 3.8) is 0 Å². The number of carboxylic acid groups (broad SMARTS) is 1. The number of nitrogens with zero attached hydrogens (tertiary/aromatic N) is 2. The zero-order valence-corrected chi connectivity index (χ0v) is 12.8. The number of carbonyl (C=O) groups excluding carboxylic acids is 1. The maximum absolute atomic E-state index is 12.0. The molecule has 9 heteroatoms. The Morgan fingerprint density at radius 3 is 2.33 bits per heavy atom. The van der Waals surface area contributed by atoms with Crippen LogP contribution in [0.1, 0.15) is 31.1 Å². The van der Waals surface area contributed by atoms with Gasteiger partial charge in [0.05, 0.1) is 11.8 Å². The van der Waals surface area contributed by atoms with Gasteiger partial charge >= 0.3 is 12.1 Å². The smallest absolute Gasteiger partial charge is 0.430 e. The number of rotatable bonds is 3. The van der Waals surface area contributed by atoms with Gasteiger partial charge in [0, 0.05) is 6.20 Å². The Morgan fingerprint density at radius 1 is 1.33 bits per heavy atom. The van der Waals surface area contributed by atoms with Crippen LogP contribution in [0.15, 0.2) is 18.3 Å². The Hall–Kier alpha value is -2.16. The third kappa shape index (κ3) is 4.71. The molecule has 0 aromatic carbocycles. The molecule has 1 amide bonds. The summed E-state index contributed by atoms with van der Waals surface area (Å²) < 4.78 is 28.9. The molecule has 0 aliphatic rings. The van der Waals surface area contributed by atoms with Gasteiger partial charge in [0.15, 0.2) is 5.82 Å². The van der Waals surface area contributed by atoms with Crippen molar-refractivity contribution < 1.29 is 27.9 Å². The third-order valence-corrected chi connectivity index (χ3v) is 3.09. The van der Waals surface area contributed by atoms with Crippen molar-refractivity contribution in [3.8, 4) is 0 Å². The molecule has 0 saturated carbocycles. The van der Waals surface area contributed by atoms with Gasteiger partial charge in [-0.25, -0.2) is 23.0 Å². The standard InChI is InChI=1S/C12H16N2O6S/c1-12(2,3)20-11(17)14(21(4,18)19)9-7-8(10(15)16)5-6-13-9/h5-7H,1-4H3,(H,15,16). The molecule has 0 unspecified atom stereocenters. The number of sulfonamides is 1. The van der Waals surface area contributed by atoms with Gasteiger partial charge in [-0.3, -0.25) is 0 Å². The summed E-state index contributed by atoms with van der Waals surface area (Å²) in [5.41, 5.74) is -1.11. The molecule has 1 aromatic heterocycles. The fourth-order valence-corrected chi connectivity index (χ4v) is 2.11. The minimum atomic E-state index is -4.03. The molecular formula is C12H16N2O6S. The molecule has 1 heterocycles. The normalized spacial score (nSPS) is 11.8. The van der Waals surface area contributed by atoms with Crippen molar-refractivity contribution in [3.05, 3.63) is 23.9 Å². The molecule has 0 radical (unpaired) electrons. The predicted molar refractivity (Wildman–Crippen MR) is 74.8 cm³/mol. The van der Waals surface area contributed by atoms with Crippen molar-refractivity contribution in [2.45, 2.75) is 26.4 Å². The summed E-state index contributed by atoms with van der Waals surface area (Å²) in [7, 11) is -4.03. The van der Waals surface area contributed by atoms with Crippen LogP contribution in [0.25, 0.3) is 0 Å². The summed E-state index contributed by atoms with van der Waals surface area (Å²) in [6.45, 7) is 4.73. The first kappa shape index (κ1) is 16.9. The number of aromatic carboxylic acids is 1. The molecule has 0 aliphatic heterocycles. The molecule has 116 valence electrons. The second kappa shape index (κ2) is 5.68. The molecule has 0 spiro atoms. The summed E-state index contributed by atoms with van der Waals surface area (Å²) in [6.07, 6.45) is 0.743. The minimum absolute atomic E-state index is 0.197. The first-order valence-electron chi connectivity index (χ1n) is 5.84. The highest BCUT2D eigenvalue weighted by Gasteiger charge is 2.31. The van der Waals surface area contributed by atoms with Crippen molar-refractivity contribution in [2.75, 3.05) is 10.6 Å². The summed E-state index contributed by atoms with van der Waals surface area (Å²) in [4.78, 5) is 26.7. The first-order chi connectivity index (χ1) is 9.42. The summed E-state index contributed by atoms with van der Waals surface area (Å²) in [5, 5.41) is 8.91. The van der Waals surface area contributed by atoms with Gasteiger partial charge in [-0.1, -0.05) is 0 Å². The van der Waals surface area contributed by atoms with Crippen LogP contribution in [-0.2, 0) is 14.8 Å². The average molecular weight is 316 g/mol. The SMILES string of the molecule is CC(C)(C)OC(=O)N(c1cc(C(=O)O)ccn1)S(C)(=O)=O. The zero-order chi connectivity index (χ0) is 16.4. The lowest BCUT2D eigenvalue weighted by Gasteiger charge is -2.25. The summed E-state index contributed by atoms with van der Waals surface area (Å²) >= 11 is 0. The van der Waals surface area contributed by atoms with E-state index >= 15 is 0 Å². The fraction of sp³-hybridized carbons (Fsp3) is 0.417. The highest BCUT2D eigenvalue weighted by Crippen LogP contribution is 2.20. The molecule has 0 aliphatic carbocycles. The predicted octanol–water partition coefficient (Wildman–Crippen LogP) is 1.48. The molecule has 1 rings (SSSR count). The van der Waals surface area contributed by atoms with Crippen molar-refractivity contribution in [1.29, 1.82) is 0 Å². The van der Waals surface area contributed by atoms with E-state index in [0.717, 1.165) is 18.5 Å². The Kier molecular flexibility index (Phi) is 4.57. The minimum Gasteiger partial charge on any atom is -0.478 e. The maximum atomic E-state index is 12.0. The van der Waals surface area contributed by atoms with Crippen molar-refractivity contribution >= 4 is 27.9 Å². The van der Waals surface area contributed by atoms with E-state index in [1.54, 1.807) is 20.8 Å². The van der Waals surface area contributed by atoms with Crippen LogP contribution in [0.5, 0.6) is 0 Å². The van der Waals surface area contributed by atoms with Crippen LogP contribution < -0.4 is 4.31 Å². The molecule has 1 aromatic rings. The number of ether oxygens (including phenoxy) is 1. The molecule has 21 heavy (non-hydrogen) atoms. The number of pyridine rings is 1. The van der Waals surface area contributed by atoms with Crippen molar-refractivity contribution in [2.24, 2.45) is 0 Å². The van der Waals surface area contributed by atoms with E-state index in [1.165, 1.54) is 6.07 Å². The number of amides is 1. The zero-order valence-electron chi connectivity index (χ0n) is 12.0. The van der Waals surface area contributed by atoms with E-state index < -0.39 is 27.7 Å². The fourth-order valence-electron chi connectivity index (χ4n) is 1.36. The van der Waals surface area contributed by atoms with Crippen molar-refractivity contribution in [1.82, 2.24) is 4.98 Å².